The van der Waals surface area contributed by atoms with Crippen molar-refractivity contribution in [2.24, 2.45) is 0 Å². The summed E-state index contributed by atoms with van der Waals surface area (Å²) in [6.45, 7) is 1.87. The number of halogens is 1. The molecule has 2 aromatic carbocycles. The Labute approximate surface area is 180 Å². The van der Waals surface area contributed by atoms with Gasteiger partial charge in [-0.1, -0.05) is 18.2 Å². The molecule has 0 radical (unpaired) electrons. The molecule has 1 aliphatic heterocycles. The number of methoxy groups -OCH3 is 1. The van der Waals surface area contributed by atoms with Crippen LogP contribution in [0.3, 0.4) is 0 Å². The van der Waals surface area contributed by atoms with Gasteiger partial charge in [-0.05, 0) is 55.2 Å². The molecule has 0 N–H and O–H groups in total. The van der Waals surface area contributed by atoms with E-state index in [0.29, 0.717) is 17.1 Å². The van der Waals surface area contributed by atoms with Crippen molar-refractivity contribution < 1.29 is 9.13 Å². The third kappa shape index (κ3) is 3.69. The molecule has 2 aromatic heterocycles. The van der Waals surface area contributed by atoms with Gasteiger partial charge in [0.1, 0.15) is 22.9 Å². The van der Waals surface area contributed by atoms with Crippen LogP contribution in [0.4, 0.5) is 10.2 Å². The Morgan fingerprint density at radius 2 is 1.77 bits per heavy atom. The van der Waals surface area contributed by atoms with Crippen molar-refractivity contribution in [1.29, 1.82) is 0 Å². The van der Waals surface area contributed by atoms with Crippen molar-refractivity contribution in [1.82, 2.24) is 15.0 Å². The molecule has 0 aliphatic carbocycles. The summed E-state index contributed by atoms with van der Waals surface area (Å²) in [7, 11) is 1.62. The monoisotopic (exact) mass is 414 g/mol. The Morgan fingerprint density at radius 1 is 0.935 bits per heavy atom. The van der Waals surface area contributed by atoms with E-state index in [0.717, 1.165) is 53.8 Å². The second-order valence-corrected chi connectivity index (χ2v) is 7.71. The topological polar surface area (TPSA) is 51.1 Å². The van der Waals surface area contributed by atoms with Crippen molar-refractivity contribution in [3.05, 3.63) is 66.7 Å². The number of aromatic nitrogens is 3. The predicted octanol–water partition coefficient (Wildman–Crippen LogP) is 5.50. The van der Waals surface area contributed by atoms with E-state index in [1.54, 1.807) is 31.6 Å². The molecule has 0 saturated carbocycles. The molecule has 0 atom stereocenters. The average molecular weight is 414 g/mol. The van der Waals surface area contributed by atoms with Gasteiger partial charge in [-0.2, -0.15) is 0 Å². The van der Waals surface area contributed by atoms with Crippen LogP contribution in [0.5, 0.6) is 5.75 Å². The van der Waals surface area contributed by atoms with E-state index in [9.17, 15) is 4.39 Å². The highest BCUT2D eigenvalue weighted by atomic mass is 19.1. The second kappa shape index (κ2) is 8.30. The number of benzene rings is 2. The first-order valence-corrected chi connectivity index (χ1v) is 10.5. The van der Waals surface area contributed by atoms with Crippen molar-refractivity contribution in [3.63, 3.8) is 0 Å². The third-order valence-electron chi connectivity index (χ3n) is 5.73. The van der Waals surface area contributed by atoms with Gasteiger partial charge >= 0.3 is 0 Å². The first-order valence-electron chi connectivity index (χ1n) is 10.5. The predicted molar refractivity (Wildman–Crippen MR) is 121 cm³/mol. The molecule has 6 heteroatoms. The molecule has 156 valence electrons. The van der Waals surface area contributed by atoms with Crippen molar-refractivity contribution in [2.75, 3.05) is 25.1 Å². The van der Waals surface area contributed by atoms with Crippen LogP contribution in [0.2, 0.25) is 0 Å². The van der Waals surface area contributed by atoms with E-state index in [-0.39, 0.29) is 5.82 Å². The number of fused-ring (bicyclic) bond motifs is 1. The third-order valence-corrected chi connectivity index (χ3v) is 5.73. The lowest BCUT2D eigenvalue weighted by molar-refractivity contribution is 0.419. The lowest BCUT2D eigenvalue weighted by Gasteiger charge is -2.29. The Bertz CT molecular complexity index is 1220. The summed E-state index contributed by atoms with van der Waals surface area (Å²) in [5.74, 6) is 1.80. The average Bonchev–Trinajstić information content (AvgIpc) is 2.84. The van der Waals surface area contributed by atoms with Crippen LogP contribution in [0.1, 0.15) is 19.3 Å². The van der Waals surface area contributed by atoms with E-state index in [1.165, 1.54) is 12.5 Å². The van der Waals surface area contributed by atoms with Gasteiger partial charge in [0.05, 0.1) is 7.11 Å². The van der Waals surface area contributed by atoms with E-state index >= 15 is 0 Å². The van der Waals surface area contributed by atoms with Gasteiger partial charge in [0, 0.05) is 42.0 Å². The highest BCUT2D eigenvalue weighted by Gasteiger charge is 2.21. The summed E-state index contributed by atoms with van der Waals surface area (Å²) >= 11 is 0. The van der Waals surface area contributed by atoms with Crippen molar-refractivity contribution in [3.8, 4) is 28.3 Å². The van der Waals surface area contributed by atoms with Crippen LogP contribution in [-0.4, -0.2) is 35.2 Å². The first kappa shape index (κ1) is 19.4. The zero-order valence-corrected chi connectivity index (χ0v) is 17.4. The summed E-state index contributed by atoms with van der Waals surface area (Å²) < 4.78 is 20.3. The Hall–Kier alpha value is -3.54. The molecule has 0 bridgehead atoms. The molecular formula is C25H23FN4O. The number of anilines is 1. The van der Waals surface area contributed by atoms with E-state index < -0.39 is 0 Å². The summed E-state index contributed by atoms with van der Waals surface area (Å²) in [5, 5.41) is 0.868. The SMILES string of the molecule is COc1cc(-c2ccccc2F)cc2c(N3CCCCC3)nc(-c3cccnc3)nc12. The molecule has 4 aromatic rings. The number of ether oxygens (including phenoxy) is 1. The van der Waals surface area contributed by atoms with Crippen LogP contribution in [0.25, 0.3) is 33.4 Å². The van der Waals surface area contributed by atoms with Gasteiger partial charge in [-0.25, -0.2) is 14.4 Å². The van der Waals surface area contributed by atoms with Gasteiger partial charge in [-0.15, -0.1) is 0 Å². The highest BCUT2D eigenvalue weighted by molar-refractivity contribution is 5.98. The van der Waals surface area contributed by atoms with E-state index in [4.69, 9.17) is 14.7 Å². The molecule has 1 fully saturated rings. The summed E-state index contributed by atoms with van der Waals surface area (Å²) in [4.78, 5) is 16.3. The number of rotatable bonds is 4. The molecule has 1 aliphatic rings. The molecule has 5 nitrogen and oxygen atoms in total. The molecule has 3 heterocycles. The number of hydrogen-bond donors (Lipinski definition) is 0. The molecular weight excluding hydrogens is 391 g/mol. The van der Waals surface area contributed by atoms with Crippen LogP contribution in [-0.2, 0) is 0 Å². The lowest BCUT2D eigenvalue weighted by atomic mass is 10.0. The fraction of sp³-hybridized carbons (Fsp3) is 0.240. The minimum absolute atomic E-state index is 0.267. The van der Waals surface area contributed by atoms with Gasteiger partial charge in [0.2, 0.25) is 0 Å². The van der Waals surface area contributed by atoms with Crippen LogP contribution < -0.4 is 9.64 Å². The number of nitrogens with zero attached hydrogens (tertiary/aromatic N) is 4. The molecule has 31 heavy (non-hydrogen) atoms. The van der Waals surface area contributed by atoms with Gasteiger partial charge in [0.15, 0.2) is 5.82 Å². The minimum Gasteiger partial charge on any atom is -0.494 e. The summed E-state index contributed by atoms with van der Waals surface area (Å²) in [6, 6.07) is 14.4. The smallest absolute Gasteiger partial charge is 0.163 e. The van der Waals surface area contributed by atoms with Crippen LogP contribution in [0.15, 0.2) is 60.9 Å². The molecule has 0 spiro atoms. The first-order chi connectivity index (χ1) is 15.2. The zero-order valence-electron chi connectivity index (χ0n) is 17.4. The molecule has 0 unspecified atom stereocenters. The van der Waals surface area contributed by atoms with E-state index in [1.807, 2.05) is 30.3 Å². The summed E-state index contributed by atoms with van der Waals surface area (Å²) in [5.41, 5.74) is 2.85. The maximum atomic E-state index is 14.6. The van der Waals surface area contributed by atoms with Gasteiger partial charge < -0.3 is 9.64 Å². The van der Waals surface area contributed by atoms with E-state index in [2.05, 4.69) is 9.88 Å². The highest BCUT2D eigenvalue weighted by Crippen LogP contribution is 2.38. The molecule has 1 saturated heterocycles. The quantitative estimate of drug-likeness (QED) is 0.442. The number of hydrogen-bond acceptors (Lipinski definition) is 5. The molecule has 0 amide bonds. The zero-order chi connectivity index (χ0) is 21.2. The molecule has 5 rings (SSSR count). The number of pyridine rings is 1. The second-order valence-electron chi connectivity index (χ2n) is 7.71. The van der Waals surface area contributed by atoms with Crippen molar-refractivity contribution >= 4 is 16.7 Å². The standard InChI is InChI=1S/C25H23FN4O/c1-31-22-15-18(19-9-3-4-10-21(19)26)14-20-23(22)28-24(17-8-7-11-27-16-17)29-25(20)30-12-5-2-6-13-30/h3-4,7-11,14-16H,2,5-6,12-13H2,1H3. The normalized spacial score (nSPS) is 14.1. The maximum Gasteiger partial charge on any atom is 0.163 e. The fourth-order valence-electron chi connectivity index (χ4n) is 4.16. The van der Waals surface area contributed by atoms with Gasteiger partial charge in [0.25, 0.3) is 0 Å². The van der Waals surface area contributed by atoms with Crippen molar-refractivity contribution in [2.45, 2.75) is 19.3 Å². The lowest BCUT2D eigenvalue weighted by Crippen LogP contribution is -2.30. The maximum absolute atomic E-state index is 14.6. The summed E-state index contributed by atoms with van der Waals surface area (Å²) in [6.07, 6.45) is 6.97. The Balaban J connectivity index is 1.78. The van der Waals surface area contributed by atoms with Crippen LogP contribution >= 0.6 is 0 Å². The van der Waals surface area contributed by atoms with Gasteiger partial charge in [-0.3, -0.25) is 4.98 Å². The minimum atomic E-state index is -0.267. The fourth-order valence-corrected chi connectivity index (χ4v) is 4.16. The van der Waals surface area contributed by atoms with Crippen LogP contribution in [0, 0.1) is 5.82 Å². The Morgan fingerprint density at radius 3 is 2.52 bits per heavy atom. The Kier molecular flexibility index (Phi) is 5.20. The largest absolute Gasteiger partial charge is 0.494 e. The number of piperidine rings is 1.